The minimum atomic E-state index is -1.11. The van der Waals surface area contributed by atoms with Gasteiger partial charge in [-0.25, -0.2) is 4.79 Å². The summed E-state index contributed by atoms with van der Waals surface area (Å²) in [6, 6.07) is 5.81. The monoisotopic (exact) mass is 426 g/mol. The molecular weight excluding hydrogens is 388 g/mol. The summed E-state index contributed by atoms with van der Waals surface area (Å²) in [6.07, 6.45) is 12.3. The topological polar surface area (TPSA) is 64.0 Å². The van der Waals surface area contributed by atoms with E-state index in [-0.39, 0.29) is 11.3 Å². The number of benzene rings is 1. The van der Waals surface area contributed by atoms with E-state index in [1.54, 1.807) is 25.0 Å². The highest BCUT2D eigenvalue weighted by molar-refractivity contribution is 5.90. The van der Waals surface area contributed by atoms with Crippen molar-refractivity contribution in [2.24, 2.45) is 29.1 Å². The van der Waals surface area contributed by atoms with E-state index in [0.717, 1.165) is 29.1 Å². The number of aromatic carboxylic acids is 1. The molecule has 5 fully saturated rings. The lowest BCUT2D eigenvalue weighted by molar-refractivity contribution is -0.0903. The standard InChI is InChI=1S/C19H32N2.C7H6O3/c1-2-8-19(7-1)17-11-20(9-15-3-4-15)12-18(19)14-21(13-17)10-16-5-6-16;8-6-4-2-1-3-5(6)7(9)10/h15-18H,1-14H2;1-4,8H,(H,9,10). The van der Waals surface area contributed by atoms with Crippen molar-refractivity contribution in [2.75, 3.05) is 39.3 Å². The molecule has 2 N–H and O–H groups in total. The maximum atomic E-state index is 10.3. The van der Waals surface area contributed by atoms with Crippen molar-refractivity contribution in [3.63, 3.8) is 0 Å². The van der Waals surface area contributed by atoms with Crippen molar-refractivity contribution in [3.8, 4) is 5.75 Å². The van der Waals surface area contributed by atoms with Gasteiger partial charge in [-0.1, -0.05) is 25.0 Å². The van der Waals surface area contributed by atoms with Crippen LogP contribution in [0.3, 0.4) is 0 Å². The Kier molecular flexibility index (Phi) is 6.00. The Morgan fingerprint density at radius 3 is 1.74 bits per heavy atom. The summed E-state index contributed by atoms with van der Waals surface area (Å²) in [5, 5.41) is 17.3. The molecule has 2 aliphatic heterocycles. The zero-order valence-electron chi connectivity index (χ0n) is 18.7. The first kappa shape index (κ1) is 21.3. The molecule has 1 aromatic rings. The lowest BCUT2D eigenvalue weighted by Crippen LogP contribution is -2.62. The van der Waals surface area contributed by atoms with Gasteiger partial charge in [0.05, 0.1) is 0 Å². The Hall–Kier alpha value is -1.59. The highest BCUT2D eigenvalue weighted by Crippen LogP contribution is 2.55. The molecular formula is C26H38N2O3. The summed E-state index contributed by atoms with van der Waals surface area (Å²) < 4.78 is 0. The summed E-state index contributed by atoms with van der Waals surface area (Å²) >= 11 is 0. The van der Waals surface area contributed by atoms with Crippen LogP contribution in [-0.4, -0.2) is 65.3 Å². The normalized spacial score (nSPS) is 30.1. The molecule has 0 aromatic heterocycles. The Bertz CT molecular complexity index is 739. The van der Waals surface area contributed by atoms with Crippen LogP contribution in [0, 0.1) is 29.1 Å². The Morgan fingerprint density at radius 2 is 1.35 bits per heavy atom. The molecule has 1 aromatic carbocycles. The largest absolute Gasteiger partial charge is 0.507 e. The molecule has 0 radical (unpaired) electrons. The van der Waals surface area contributed by atoms with E-state index in [0.29, 0.717) is 0 Å². The smallest absolute Gasteiger partial charge is 0.339 e. The predicted octanol–water partition coefficient (Wildman–Crippen LogP) is 4.32. The van der Waals surface area contributed by atoms with E-state index < -0.39 is 5.97 Å². The summed E-state index contributed by atoms with van der Waals surface area (Å²) in [7, 11) is 0. The molecule has 0 unspecified atom stereocenters. The van der Waals surface area contributed by atoms with Gasteiger partial charge in [0.1, 0.15) is 11.3 Å². The zero-order chi connectivity index (χ0) is 21.4. The molecule has 31 heavy (non-hydrogen) atoms. The molecule has 5 aliphatic rings. The maximum Gasteiger partial charge on any atom is 0.339 e. The highest BCUT2D eigenvalue weighted by atomic mass is 16.4. The van der Waals surface area contributed by atoms with Gasteiger partial charge in [-0.15, -0.1) is 0 Å². The minimum Gasteiger partial charge on any atom is -0.507 e. The summed E-state index contributed by atoms with van der Waals surface area (Å²) in [6.45, 7) is 8.63. The molecule has 5 heteroatoms. The molecule has 2 bridgehead atoms. The summed E-state index contributed by atoms with van der Waals surface area (Å²) in [5.41, 5.74) is 0.711. The zero-order valence-corrected chi connectivity index (χ0v) is 18.7. The SMILES string of the molecule is C1CCC2(C1)C1CN(CC3CC3)CC2CN(CC2CC2)C1.O=C(O)c1ccccc1O. The van der Waals surface area contributed by atoms with Crippen molar-refractivity contribution >= 4 is 5.97 Å². The number of hydrogen-bond acceptors (Lipinski definition) is 4. The second-order valence-electron chi connectivity index (χ2n) is 11.0. The maximum absolute atomic E-state index is 10.3. The van der Waals surface area contributed by atoms with Crippen LogP contribution in [0.5, 0.6) is 5.75 Å². The number of para-hydroxylation sites is 1. The Morgan fingerprint density at radius 1 is 0.871 bits per heavy atom. The number of carboxylic acids is 1. The van der Waals surface area contributed by atoms with Gasteiger partial charge in [-0.2, -0.15) is 0 Å². The lowest BCUT2D eigenvalue weighted by atomic mass is 9.60. The van der Waals surface area contributed by atoms with Crippen LogP contribution in [0.1, 0.15) is 61.7 Å². The van der Waals surface area contributed by atoms with E-state index in [1.165, 1.54) is 89.9 Å². The third kappa shape index (κ3) is 4.78. The van der Waals surface area contributed by atoms with Gasteiger partial charge < -0.3 is 20.0 Å². The lowest BCUT2D eigenvalue weighted by Gasteiger charge is -2.58. The van der Waals surface area contributed by atoms with Crippen molar-refractivity contribution in [1.29, 1.82) is 0 Å². The van der Waals surface area contributed by atoms with Crippen molar-refractivity contribution < 1.29 is 15.0 Å². The predicted molar refractivity (Wildman–Crippen MR) is 121 cm³/mol. The van der Waals surface area contributed by atoms with Gasteiger partial charge in [0.25, 0.3) is 0 Å². The minimum absolute atomic E-state index is 0.0671. The van der Waals surface area contributed by atoms with E-state index in [4.69, 9.17) is 10.2 Å². The van der Waals surface area contributed by atoms with Crippen molar-refractivity contribution in [1.82, 2.24) is 9.80 Å². The third-order valence-electron chi connectivity index (χ3n) is 8.64. The molecule has 2 saturated heterocycles. The Labute approximate surface area is 186 Å². The summed E-state index contributed by atoms with van der Waals surface area (Å²) in [5.74, 6) is 2.85. The number of carbonyl (C=O) groups is 1. The number of carboxylic acid groups (broad SMARTS) is 1. The highest BCUT2D eigenvalue weighted by Gasteiger charge is 2.54. The quantitative estimate of drug-likeness (QED) is 0.734. The number of rotatable bonds is 5. The van der Waals surface area contributed by atoms with Crippen LogP contribution in [0.4, 0.5) is 0 Å². The van der Waals surface area contributed by atoms with Gasteiger partial charge in [-0.05, 0) is 79.7 Å². The number of aromatic hydroxyl groups is 1. The fourth-order valence-corrected chi connectivity index (χ4v) is 6.71. The van der Waals surface area contributed by atoms with Crippen LogP contribution in [0.25, 0.3) is 0 Å². The number of hydrogen-bond donors (Lipinski definition) is 2. The van der Waals surface area contributed by atoms with Crippen molar-refractivity contribution in [2.45, 2.75) is 51.4 Å². The molecule has 3 aliphatic carbocycles. The first-order valence-electron chi connectivity index (χ1n) is 12.5. The third-order valence-corrected chi connectivity index (χ3v) is 8.64. The van der Waals surface area contributed by atoms with Gasteiger partial charge in [0.2, 0.25) is 0 Å². The molecule has 3 saturated carbocycles. The second-order valence-corrected chi connectivity index (χ2v) is 11.0. The molecule has 1 spiro atoms. The van der Waals surface area contributed by atoms with Gasteiger partial charge in [0.15, 0.2) is 0 Å². The first-order chi connectivity index (χ1) is 15.0. The van der Waals surface area contributed by atoms with Crippen LogP contribution in [-0.2, 0) is 0 Å². The number of phenols is 1. The van der Waals surface area contributed by atoms with Gasteiger partial charge in [0, 0.05) is 39.3 Å². The van der Waals surface area contributed by atoms with Gasteiger partial charge in [-0.3, -0.25) is 0 Å². The fraction of sp³-hybridized carbons (Fsp3) is 0.731. The van der Waals surface area contributed by atoms with Crippen LogP contribution in [0.15, 0.2) is 24.3 Å². The average Bonchev–Trinajstić information content (AvgIpc) is 3.66. The molecule has 2 heterocycles. The number of nitrogens with zero attached hydrogens (tertiary/aromatic N) is 2. The van der Waals surface area contributed by atoms with Crippen molar-refractivity contribution in [3.05, 3.63) is 29.8 Å². The van der Waals surface area contributed by atoms with Gasteiger partial charge >= 0.3 is 5.97 Å². The van der Waals surface area contributed by atoms with Crippen LogP contribution in [0.2, 0.25) is 0 Å². The molecule has 5 nitrogen and oxygen atoms in total. The van der Waals surface area contributed by atoms with E-state index >= 15 is 0 Å². The fourth-order valence-electron chi connectivity index (χ4n) is 6.71. The average molecular weight is 427 g/mol. The van der Waals surface area contributed by atoms with Crippen LogP contribution < -0.4 is 0 Å². The van der Waals surface area contributed by atoms with E-state index in [2.05, 4.69) is 9.80 Å². The number of likely N-dealkylation sites (tertiary alicyclic amines) is 2. The van der Waals surface area contributed by atoms with Crippen LogP contribution >= 0.6 is 0 Å². The Balaban J connectivity index is 0.000000174. The first-order valence-corrected chi connectivity index (χ1v) is 12.5. The molecule has 0 amide bonds. The van der Waals surface area contributed by atoms with E-state index in [9.17, 15) is 4.79 Å². The van der Waals surface area contributed by atoms with E-state index in [1.807, 2.05) is 0 Å². The number of piperidine rings is 2. The summed E-state index contributed by atoms with van der Waals surface area (Å²) in [4.78, 5) is 16.0. The molecule has 170 valence electrons. The molecule has 6 rings (SSSR count). The molecule has 0 atom stereocenters. The second kappa shape index (κ2) is 8.74.